The third kappa shape index (κ3) is 4.10. The Bertz CT molecular complexity index is 387. The molecular weight excluding hydrogens is 238 g/mol. The normalized spacial score (nSPS) is 17.7. The Labute approximate surface area is 116 Å². The third-order valence-corrected chi connectivity index (χ3v) is 3.51. The second-order valence-electron chi connectivity index (χ2n) is 5.38. The van der Waals surface area contributed by atoms with Gasteiger partial charge in [0.1, 0.15) is 0 Å². The number of likely N-dealkylation sites (tertiary alicyclic amines) is 1. The van der Waals surface area contributed by atoms with Gasteiger partial charge in [-0.1, -0.05) is 6.92 Å². The molecule has 106 valence electrons. The summed E-state index contributed by atoms with van der Waals surface area (Å²) in [5.41, 5.74) is 1.02. The molecule has 0 spiro atoms. The summed E-state index contributed by atoms with van der Waals surface area (Å²) < 4.78 is 5.75. The largest absolute Gasteiger partial charge is 0.473 e. The Morgan fingerprint density at radius 3 is 2.79 bits per heavy atom. The molecule has 19 heavy (non-hydrogen) atoms. The summed E-state index contributed by atoms with van der Waals surface area (Å²) >= 11 is 0. The van der Waals surface area contributed by atoms with Crippen molar-refractivity contribution in [3.63, 3.8) is 0 Å². The summed E-state index contributed by atoms with van der Waals surface area (Å²) in [5.74, 6) is 0.718. The van der Waals surface area contributed by atoms with Crippen LogP contribution in [0.15, 0.2) is 18.3 Å². The van der Waals surface area contributed by atoms with Gasteiger partial charge in [-0.2, -0.15) is 0 Å². The zero-order valence-electron chi connectivity index (χ0n) is 12.2. The Kier molecular flexibility index (Phi) is 5.02. The van der Waals surface area contributed by atoms with E-state index < -0.39 is 0 Å². The van der Waals surface area contributed by atoms with Crippen molar-refractivity contribution >= 4 is 5.69 Å². The van der Waals surface area contributed by atoms with Gasteiger partial charge in [0.05, 0.1) is 11.8 Å². The van der Waals surface area contributed by atoms with Crippen molar-refractivity contribution in [2.45, 2.75) is 45.8 Å². The minimum atomic E-state index is 0.150. The number of hydrogen-bond donors (Lipinski definition) is 1. The van der Waals surface area contributed by atoms with Crippen molar-refractivity contribution in [1.29, 1.82) is 0 Å². The van der Waals surface area contributed by atoms with Crippen LogP contribution >= 0.6 is 0 Å². The van der Waals surface area contributed by atoms with Gasteiger partial charge in [0, 0.05) is 25.3 Å². The summed E-state index contributed by atoms with van der Waals surface area (Å²) in [6.07, 6.45) is 4.30. The molecule has 0 aliphatic carbocycles. The van der Waals surface area contributed by atoms with Gasteiger partial charge < -0.3 is 15.0 Å². The first-order chi connectivity index (χ1) is 9.19. The van der Waals surface area contributed by atoms with Crippen LogP contribution in [0.2, 0.25) is 0 Å². The number of nitrogens with one attached hydrogen (secondary N) is 1. The summed E-state index contributed by atoms with van der Waals surface area (Å²) in [4.78, 5) is 6.81. The number of rotatable bonds is 5. The van der Waals surface area contributed by atoms with Crippen LogP contribution in [0.4, 0.5) is 5.69 Å². The Hall–Kier alpha value is -1.29. The predicted octanol–water partition coefficient (Wildman–Crippen LogP) is 2.77. The summed E-state index contributed by atoms with van der Waals surface area (Å²) in [7, 11) is 0. The van der Waals surface area contributed by atoms with E-state index in [4.69, 9.17) is 4.74 Å². The van der Waals surface area contributed by atoms with Gasteiger partial charge in [0.25, 0.3) is 0 Å². The number of anilines is 1. The van der Waals surface area contributed by atoms with E-state index in [1.54, 1.807) is 6.20 Å². The molecule has 0 amide bonds. The average molecular weight is 263 g/mol. The minimum Gasteiger partial charge on any atom is -0.473 e. The van der Waals surface area contributed by atoms with E-state index in [-0.39, 0.29) is 6.10 Å². The molecule has 1 saturated heterocycles. The zero-order chi connectivity index (χ0) is 13.7. The van der Waals surface area contributed by atoms with Crippen LogP contribution in [-0.4, -0.2) is 41.7 Å². The summed E-state index contributed by atoms with van der Waals surface area (Å²) in [6.45, 7) is 9.78. The number of aromatic nitrogens is 1. The van der Waals surface area contributed by atoms with Gasteiger partial charge in [-0.15, -0.1) is 0 Å². The van der Waals surface area contributed by atoms with Crippen LogP contribution < -0.4 is 10.1 Å². The maximum Gasteiger partial charge on any atom is 0.237 e. The molecule has 0 saturated carbocycles. The van der Waals surface area contributed by atoms with E-state index in [0.717, 1.165) is 18.1 Å². The fourth-order valence-electron chi connectivity index (χ4n) is 2.43. The van der Waals surface area contributed by atoms with Crippen molar-refractivity contribution in [2.75, 3.05) is 25.0 Å². The SMILES string of the molecule is CCN1CCC(Nc2cccnc2OC(C)C)CC1. The van der Waals surface area contributed by atoms with E-state index in [1.165, 1.54) is 25.9 Å². The first kappa shape index (κ1) is 14.1. The third-order valence-electron chi connectivity index (χ3n) is 3.51. The van der Waals surface area contributed by atoms with E-state index in [1.807, 2.05) is 19.9 Å². The van der Waals surface area contributed by atoms with Crippen molar-refractivity contribution in [1.82, 2.24) is 9.88 Å². The molecule has 1 aromatic rings. The van der Waals surface area contributed by atoms with Crippen molar-refractivity contribution in [3.05, 3.63) is 18.3 Å². The fourth-order valence-corrected chi connectivity index (χ4v) is 2.43. The molecule has 1 aliphatic heterocycles. The number of hydrogen-bond acceptors (Lipinski definition) is 4. The van der Waals surface area contributed by atoms with Gasteiger partial charge in [-0.25, -0.2) is 4.98 Å². The molecule has 0 aromatic carbocycles. The highest BCUT2D eigenvalue weighted by molar-refractivity contribution is 5.52. The van der Waals surface area contributed by atoms with Gasteiger partial charge in [-0.05, 0) is 45.4 Å². The molecule has 0 unspecified atom stereocenters. The molecule has 2 rings (SSSR count). The van der Waals surface area contributed by atoms with E-state index >= 15 is 0 Å². The van der Waals surface area contributed by atoms with Crippen LogP contribution in [0.1, 0.15) is 33.6 Å². The molecule has 0 radical (unpaired) electrons. The zero-order valence-corrected chi connectivity index (χ0v) is 12.2. The van der Waals surface area contributed by atoms with E-state index in [0.29, 0.717) is 6.04 Å². The van der Waals surface area contributed by atoms with Crippen LogP contribution in [0.5, 0.6) is 5.88 Å². The highest BCUT2D eigenvalue weighted by Gasteiger charge is 2.19. The highest BCUT2D eigenvalue weighted by atomic mass is 16.5. The Morgan fingerprint density at radius 2 is 2.16 bits per heavy atom. The minimum absolute atomic E-state index is 0.150. The lowest BCUT2D eigenvalue weighted by Gasteiger charge is -2.32. The second kappa shape index (κ2) is 6.75. The van der Waals surface area contributed by atoms with Crippen molar-refractivity contribution in [2.24, 2.45) is 0 Å². The summed E-state index contributed by atoms with van der Waals surface area (Å²) in [5, 5.41) is 3.59. The average Bonchev–Trinajstić information content (AvgIpc) is 2.41. The molecule has 0 bridgehead atoms. The summed E-state index contributed by atoms with van der Waals surface area (Å²) in [6, 6.07) is 4.54. The first-order valence-corrected chi connectivity index (χ1v) is 7.29. The van der Waals surface area contributed by atoms with Gasteiger partial charge >= 0.3 is 0 Å². The highest BCUT2D eigenvalue weighted by Crippen LogP contribution is 2.24. The number of pyridine rings is 1. The lowest BCUT2D eigenvalue weighted by Crippen LogP contribution is -2.38. The Balaban J connectivity index is 1.95. The Morgan fingerprint density at radius 1 is 1.42 bits per heavy atom. The smallest absolute Gasteiger partial charge is 0.237 e. The van der Waals surface area contributed by atoms with Crippen LogP contribution in [-0.2, 0) is 0 Å². The van der Waals surface area contributed by atoms with Crippen molar-refractivity contribution < 1.29 is 4.74 Å². The van der Waals surface area contributed by atoms with Gasteiger partial charge in [0.2, 0.25) is 5.88 Å². The number of ether oxygens (including phenoxy) is 1. The van der Waals surface area contributed by atoms with Gasteiger partial charge in [-0.3, -0.25) is 0 Å². The maximum atomic E-state index is 5.75. The maximum absolute atomic E-state index is 5.75. The fraction of sp³-hybridized carbons (Fsp3) is 0.667. The van der Waals surface area contributed by atoms with Crippen LogP contribution in [0, 0.1) is 0 Å². The lowest BCUT2D eigenvalue weighted by atomic mass is 10.0. The molecular formula is C15H25N3O. The standard InChI is InChI=1S/C15H25N3O/c1-4-18-10-7-13(8-11-18)17-14-6-5-9-16-15(14)19-12(2)3/h5-6,9,12-13,17H,4,7-8,10-11H2,1-3H3. The predicted molar refractivity (Wildman–Crippen MR) is 78.8 cm³/mol. The van der Waals surface area contributed by atoms with Crippen molar-refractivity contribution in [3.8, 4) is 5.88 Å². The first-order valence-electron chi connectivity index (χ1n) is 7.29. The number of nitrogens with zero attached hydrogens (tertiary/aromatic N) is 2. The molecule has 1 aliphatic rings. The quantitative estimate of drug-likeness (QED) is 0.886. The molecule has 0 atom stereocenters. The topological polar surface area (TPSA) is 37.4 Å². The molecule has 1 aromatic heterocycles. The van der Waals surface area contributed by atoms with Crippen LogP contribution in [0.25, 0.3) is 0 Å². The van der Waals surface area contributed by atoms with E-state index in [2.05, 4.69) is 28.2 Å². The molecule has 1 N–H and O–H groups in total. The van der Waals surface area contributed by atoms with E-state index in [9.17, 15) is 0 Å². The molecule has 2 heterocycles. The second-order valence-corrected chi connectivity index (χ2v) is 5.38. The van der Waals surface area contributed by atoms with Crippen LogP contribution in [0.3, 0.4) is 0 Å². The molecule has 1 fully saturated rings. The number of piperidine rings is 1. The monoisotopic (exact) mass is 263 g/mol. The molecule has 4 heteroatoms. The lowest BCUT2D eigenvalue weighted by molar-refractivity contribution is 0.225. The molecule has 4 nitrogen and oxygen atoms in total. The van der Waals surface area contributed by atoms with Gasteiger partial charge in [0.15, 0.2) is 0 Å².